The summed E-state index contributed by atoms with van der Waals surface area (Å²) in [6, 6.07) is 7.97. The van der Waals surface area contributed by atoms with Gasteiger partial charge in [-0.05, 0) is 49.1 Å². The van der Waals surface area contributed by atoms with Crippen molar-refractivity contribution in [1.29, 1.82) is 0 Å². The Morgan fingerprint density at radius 2 is 1.89 bits per heavy atom. The Morgan fingerprint density at radius 1 is 1.18 bits per heavy atom. The number of aliphatic carboxylic acids is 1. The van der Waals surface area contributed by atoms with E-state index < -0.39 is 11.9 Å². The first kappa shape index (κ1) is 18.7. The molecule has 0 unspecified atom stereocenters. The van der Waals surface area contributed by atoms with Gasteiger partial charge in [0, 0.05) is 13.1 Å². The first-order valence-electron chi connectivity index (χ1n) is 9.92. The number of para-hydroxylation sites is 1. The molecule has 2 aromatic rings. The van der Waals surface area contributed by atoms with Gasteiger partial charge in [-0.25, -0.2) is 9.67 Å². The number of hydrogen-bond donors (Lipinski definition) is 1. The van der Waals surface area contributed by atoms with Crippen LogP contribution in [0.2, 0.25) is 0 Å². The summed E-state index contributed by atoms with van der Waals surface area (Å²) in [5.41, 5.74) is 2.05. The van der Waals surface area contributed by atoms with Crippen LogP contribution in [-0.4, -0.2) is 49.7 Å². The Bertz CT molecular complexity index is 916. The number of aryl methyl sites for hydroxylation is 1. The average Bonchev–Trinajstić information content (AvgIpc) is 3.29. The first-order chi connectivity index (χ1) is 13.4. The number of rotatable bonds is 5. The van der Waals surface area contributed by atoms with Crippen LogP contribution in [0.1, 0.15) is 54.6 Å². The second-order valence-electron chi connectivity index (χ2n) is 8.26. The lowest BCUT2D eigenvalue weighted by Crippen LogP contribution is -2.30. The fraction of sp³-hybridized carbons (Fsp3) is 0.524. The second kappa shape index (κ2) is 7.04. The molecule has 1 amide bonds. The molecule has 7 heteroatoms. The molecule has 1 N–H and O–H groups in total. The van der Waals surface area contributed by atoms with E-state index in [1.54, 1.807) is 9.58 Å². The van der Waals surface area contributed by atoms with Crippen LogP contribution in [0.3, 0.4) is 0 Å². The monoisotopic (exact) mass is 382 g/mol. The third-order valence-corrected chi connectivity index (χ3v) is 5.94. The van der Waals surface area contributed by atoms with Crippen LogP contribution < -0.4 is 0 Å². The van der Waals surface area contributed by atoms with Crippen LogP contribution in [0.4, 0.5) is 0 Å². The smallest absolute Gasteiger partial charge is 0.308 e. The summed E-state index contributed by atoms with van der Waals surface area (Å²) in [5, 5.41) is 14.0. The van der Waals surface area contributed by atoms with Gasteiger partial charge in [0.15, 0.2) is 0 Å². The Hall–Kier alpha value is -2.70. The highest BCUT2D eigenvalue weighted by Gasteiger charge is 2.47. The van der Waals surface area contributed by atoms with E-state index in [-0.39, 0.29) is 24.2 Å². The van der Waals surface area contributed by atoms with Gasteiger partial charge in [-0.2, -0.15) is 0 Å². The van der Waals surface area contributed by atoms with Crippen molar-refractivity contribution in [3.63, 3.8) is 0 Å². The minimum absolute atomic E-state index is 0.0475. The molecular weight excluding hydrogens is 356 g/mol. The molecule has 1 saturated heterocycles. The van der Waals surface area contributed by atoms with Crippen molar-refractivity contribution in [3.8, 4) is 5.69 Å². The Labute approximate surface area is 164 Å². The Kier molecular flexibility index (Phi) is 4.69. The molecule has 1 aliphatic carbocycles. The maximum atomic E-state index is 13.0. The van der Waals surface area contributed by atoms with Crippen molar-refractivity contribution in [2.45, 2.75) is 39.5 Å². The lowest BCUT2D eigenvalue weighted by Gasteiger charge is -2.14. The lowest BCUT2D eigenvalue weighted by atomic mass is 9.92. The number of nitrogens with zero attached hydrogens (tertiary/aromatic N) is 4. The van der Waals surface area contributed by atoms with Crippen LogP contribution in [0, 0.1) is 24.7 Å². The molecule has 7 nitrogen and oxygen atoms in total. The first-order valence-corrected chi connectivity index (χ1v) is 9.92. The van der Waals surface area contributed by atoms with Crippen molar-refractivity contribution < 1.29 is 14.7 Å². The van der Waals surface area contributed by atoms with E-state index in [1.807, 2.05) is 25.1 Å². The van der Waals surface area contributed by atoms with Crippen molar-refractivity contribution in [2.75, 3.05) is 13.1 Å². The Balaban J connectivity index is 1.60. The predicted octanol–water partition coefficient (Wildman–Crippen LogP) is 2.88. The molecule has 2 aliphatic rings. The predicted molar refractivity (Wildman–Crippen MR) is 103 cm³/mol. The number of aromatic nitrogens is 3. The molecule has 28 heavy (non-hydrogen) atoms. The Morgan fingerprint density at radius 3 is 2.54 bits per heavy atom. The molecular formula is C21H26N4O3. The molecule has 2 fully saturated rings. The third kappa shape index (κ3) is 3.30. The highest BCUT2D eigenvalue weighted by Crippen LogP contribution is 2.44. The van der Waals surface area contributed by atoms with Crippen LogP contribution in [0.15, 0.2) is 24.3 Å². The number of amides is 1. The minimum Gasteiger partial charge on any atom is -0.481 e. The quantitative estimate of drug-likeness (QED) is 0.859. The molecule has 2 atom stereocenters. The number of hydrogen-bond acceptors (Lipinski definition) is 4. The molecule has 1 aromatic heterocycles. The fourth-order valence-corrected chi connectivity index (χ4v) is 4.28. The molecule has 4 rings (SSSR count). The van der Waals surface area contributed by atoms with E-state index in [2.05, 4.69) is 30.0 Å². The van der Waals surface area contributed by atoms with Crippen LogP contribution in [-0.2, 0) is 4.79 Å². The number of carbonyl (C=O) groups excluding carboxylic acids is 1. The van der Waals surface area contributed by atoms with Crippen LogP contribution in [0.25, 0.3) is 5.69 Å². The van der Waals surface area contributed by atoms with Gasteiger partial charge in [-0.15, -0.1) is 5.10 Å². The summed E-state index contributed by atoms with van der Waals surface area (Å²) >= 11 is 0. The maximum Gasteiger partial charge on any atom is 0.308 e. The van der Waals surface area contributed by atoms with Gasteiger partial charge in [-0.1, -0.05) is 32.0 Å². The van der Waals surface area contributed by atoms with Gasteiger partial charge in [0.1, 0.15) is 5.82 Å². The third-order valence-electron chi connectivity index (χ3n) is 5.94. The van der Waals surface area contributed by atoms with Gasteiger partial charge >= 0.3 is 5.97 Å². The number of carbonyl (C=O) groups is 2. The van der Waals surface area contributed by atoms with E-state index in [0.29, 0.717) is 24.2 Å². The van der Waals surface area contributed by atoms with Gasteiger partial charge in [0.2, 0.25) is 5.82 Å². The summed E-state index contributed by atoms with van der Waals surface area (Å²) in [5.74, 6) is -0.00310. The standard InChI is InChI=1S/C21H26N4O3/c1-12(2)15-6-4-5-7-18(15)25-13(3)22-19(23-25)20(26)24-10-16(14-8-9-14)17(11-24)21(27)28/h4-7,12,14,16-17H,8-11H2,1-3H3,(H,27,28)/t16-,17+/m1/s1. The van der Waals surface area contributed by atoms with Crippen molar-refractivity contribution >= 4 is 11.9 Å². The summed E-state index contributed by atoms with van der Waals surface area (Å²) in [4.78, 5) is 30.7. The second-order valence-corrected chi connectivity index (χ2v) is 8.26. The number of carboxylic acids is 1. The topological polar surface area (TPSA) is 88.3 Å². The molecule has 0 bridgehead atoms. The van der Waals surface area contributed by atoms with E-state index >= 15 is 0 Å². The average molecular weight is 382 g/mol. The number of benzene rings is 1. The van der Waals surface area contributed by atoms with E-state index in [4.69, 9.17) is 0 Å². The summed E-state index contributed by atoms with van der Waals surface area (Å²) in [6.45, 7) is 6.79. The minimum atomic E-state index is -0.812. The van der Waals surface area contributed by atoms with Crippen molar-refractivity contribution in [1.82, 2.24) is 19.7 Å². The summed E-state index contributed by atoms with van der Waals surface area (Å²) < 4.78 is 1.71. The van der Waals surface area contributed by atoms with E-state index in [9.17, 15) is 14.7 Å². The number of carboxylic acid groups (broad SMARTS) is 1. The van der Waals surface area contributed by atoms with E-state index in [1.165, 1.54) is 0 Å². The molecule has 0 spiro atoms. The van der Waals surface area contributed by atoms with Gasteiger partial charge < -0.3 is 10.0 Å². The SMILES string of the molecule is Cc1nc(C(=O)N2C[C@H](C(=O)O)[C@@H](C3CC3)C2)nn1-c1ccccc1C(C)C. The normalized spacial score (nSPS) is 22.1. The van der Waals surface area contributed by atoms with Crippen LogP contribution in [0.5, 0.6) is 0 Å². The van der Waals surface area contributed by atoms with Gasteiger partial charge in [-0.3, -0.25) is 9.59 Å². The highest BCUT2D eigenvalue weighted by atomic mass is 16.4. The fourth-order valence-electron chi connectivity index (χ4n) is 4.28. The molecule has 1 aromatic carbocycles. The maximum absolute atomic E-state index is 13.0. The van der Waals surface area contributed by atoms with Gasteiger partial charge in [0.05, 0.1) is 11.6 Å². The number of likely N-dealkylation sites (tertiary alicyclic amines) is 1. The summed E-state index contributed by atoms with van der Waals surface area (Å²) in [7, 11) is 0. The largest absolute Gasteiger partial charge is 0.481 e. The zero-order valence-corrected chi connectivity index (χ0v) is 16.5. The lowest BCUT2D eigenvalue weighted by molar-refractivity contribution is -0.142. The molecule has 1 aliphatic heterocycles. The molecule has 0 radical (unpaired) electrons. The zero-order chi connectivity index (χ0) is 20.0. The van der Waals surface area contributed by atoms with Gasteiger partial charge in [0.25, 0.3) is 5.91 Å². The van der Waals surface area contributed by atoms with Crippen molar-refractivity contribution in [2.24, 2.45) is 17.8 Å². The molecule has 1 saturated carbocycles. The zero-order valence-electron chi connectivity index (χ0n) is 16.5. The highest BCUT2D eigenvalue weighted by molar-refractivity contribution is 5.91. The molecule has 148 valence electrons. The summed E-state index contributed by atoms with van der Waals surface area (Å²) in [6.07, 6.45) is 2.13. The molecule has 2 heterocycles. The van der Waals surface area contributed by atoms with Crippen LogP contribution >= 0.6 is 0 Å². The van der Waals surface area contributed by atoms with Crippen molar-refractivity contribution in [3.05, 3.63) is 41.5 Å². The van der Waals surface area contributed by atoms with E-state index in [0.717, 1.165) is 24.1 Å².